The van der Waals surface area contributed by atoms with Gasteiger partial charge in [-0.25, -0.2) is 0 Å². The molecule has 0 atom stereocenters. The van der Waals surface area contributed by atoms with Crippen LogP contribution in [0.2, 0.25) is 0 Å². The van der Waals surface area contributed by atoms with Crippen molar-refractivity contribution in [3.05, 3.63) is 71.4 Å². The average Bonchev–Trinajstić information content (AvgIpc) is 3.04. The highest BCUT2D eigenvalue weighted by atomic mass is 16.2. The van der Waals surface area contributed by atoms with Crippen molar-refractivity contribution in [2.45, 2.75) is 26.2 Å². The van der Waals surface area contributed by atoms with Crippen LogP contribution in [0.1, 0.15) is 34.3 Å². The van der Waals surface area contributed by atoms with Gasteiger partial charge in [0, 0.05) is 48.7 Å². The van der Waals surface area contributed by atoms with Crippen molar-refractivity contribution in [2.24, 2.45) is 13.0 Å². The molecule has 4 rings (SSSR count). The molecule has 28 heavy (non-hydrogen) atoms. The van der Waals surface area contributed by atoms with E-state index in [2.05, 4.69) is 22.9 Å². The molecule has 1 fully saturated rings. The van der Waals surface area contributed by atoms with Gasteiger partial charge in [0.1, 0.15) is 0 Å². The monoisotopic (exact) mass is 374 g/mol. The van der Waals surface area contributed by atoms with Gasteiger partial charge in [0.05, 0.1) is 6.42 Å². The summed E-state index contributed by atoms with van der Waals surface area (Å²) < 4.78 is 2.07. The van der Waals surface area contributed by atoms with Gasteiger partial charge in [0.2, 0.25) is 5.91 Å². The molecule has 3 aromatic rings. The van der Waals surface area contributed by atoms with Gasteiger partial charge in [-0.2, -0.15) is 0 Å². The summed E-state index contributed by atoms with van der Waals surface area (Å²) in [5.41, 5.74) is 4.16. The first-order valence-electron chi connectivity index (χ1n) is 9.94. The summed E-state index contributed by atoms with van der Waals surface area (Å²) in [5, 5.41) is 1.14. The SMILES string of the molecule is Cc1ccc(C(=O)C2CCN(C(=O)Cc3cn(C)c4ccccc34)CC2)cc1. The van der Waals surface area contributed by atoms with Gasteiger partial charge in [-0.1, -0.05) is 48.0 Å². The first-order valence-corrected chi connectivity index (χ1v) is 9.94. The highest BCUT2D eigenvalue weighted by molar-refractivity contribution is 5.98. The number of carbonyl (C=O) groups excluding carboxylic acids is 2. The molecule has 4 nitrogen and oxygen atoms in total. The second-order valence-electron chi connectivity index (χ2n) is 7.84. The Labute approximate surface area is 165 Å². The normalized spacial score (nSPS) is 15.1. The maximum absolute atomic E-state index is 12.8. The Bertz CT molecular complexity index is 1010. The number of rotatable bonds is 4. The van der Waals surface area contributed by atoms with Gasteiger partial charge in [-0.15, -0.1) is 0 Å². The third-order valence-corrected chi connectivity index (χ3v) is 5.88. The molecule has 1 saturated heterocycles. The van der Waals surface area contributed by atoms with E-state index in [9.17, 15) is 9.59 Å². The Morgan fingerprint density at radius 1 is 1.00 bits per heavy atom. The van der Waals surface area contributed by atoms with Crippen LogP contribution >= 0.6 is 0 Å². The van der Waals surface area contributed by atoms with E-state index in [1.54, 1.807) is 0 Å². The molecule has 0 N–H and O–H groups in total. The standard InChI is InChI=1S/C24H26N2O2/c1-17-7-9-18(10-8-17)24(28)19-11-13-26(14-12-19)23(27)15-20-16-25(2)22-6-4-3-5-21(20)22/h3-10,16,19H,11-15H2,1-2H3. The number of piperidine rings is 1. The van der Waals surface area contributed by atoms with E-state index in [0.717, 1.165) is 40.4 Å². The van der Waals surface area contributed by atoms with Crippen LogP contribution in [0.5, 0.6) is 0 Å². The number of benzene rings is 2. The number of hydrogen-bond acceptors (Lipinski definition) is 2. The Morgan fingerprint density at radius 3 is 2.39 bits per heavy atom. The van der Waals surface area contributed by atoms with Crippen molar-refractivity contribution in [1.82, 2.24) is 9.47 Å². The molecule has 0 aliphatic carbocycles. The van der Waals surface area contributed by atoms with Crippen LogP contribution in [0, 0.1) is 12.8 Å². The molecule has 0 unspecified atom stereocenters. The molecule has 2 aromatic carbocycles. The third-order valence-electron chi connectivity index (χ3n) is 5.88. The Balaban J connectivity index is 1.38. The summed E-state index contributed by atoms with van der Waals surface area (Å²) in [7, 11) is 2.01. The van der Waals surface area contributed by atoms with Crippen molar-refractivity contribution in [3.8, 4) is 0 Å². The minimum absolute atomic E-state index is 0.0179. The Morgan fingerprint density at radius 2 is 1.68 bits per heavy atom. The van der Waals surface area contributed by atoms with Crippen LogP contribution in [0.15, 0.2) is 54.7 Å². The summed E-state index contributed by atoms with van der Waals surface area (Å²) in [4.78, 5) is 27.5. The minimum Gasteiger partial charge on any atom is -0.350 e. The fraction of sp³-hybridized carbons (Fsp3) is 0.333. The van der Waals surface area contributed by atoms with E-state index in [4.69, 9.17) is 0 Å². The van der Waals surface area contributed by atoms with Gasteiger partial charge >= 0.3 is 0 Å². The van der Waals surface area contributed by atoms with Gasteiger partial charge in [0.25, 0.3) is 0 Å². The second-order valence-corrected chi connectivity index (χ2v) is 7.84. The molecule has 0 radical (unpaired) electrons. The van der Waals surface area contributed by atoms with E-state index in [-0.39, 0.29) is 17.6 Å². The van der Waals surface area contributed by atoms with Crippen LogP contribution in [-0.4, -0.2) is 34.2 Å². The predicted octanol–water partition coefficient (Wildman–Crippen LogP) is 4.15. The highest BCUT2D eigenvalue weighted by Crippen LogP contribution is 2.25. The van der Waals surface area contributed by atoms with Crippen molar-refractivity contribution in [1.29, 1.82) is 0 Å². The third kappa shape index (κ3) is 3.59. The number of aryl methyl sites for hydroxylation is 2. The largest absolute Gasteiger partial charge is 0.350 e. The number of likely N-dealkylation sites (tertiary alicyclic amines) is 1. The van der Waals surface area contributed by atoms with E-state index >= 15 is 0 Å². The van der Waals surface area contributed by atoms with E-state index in [1.807, 2.05) is 55.3 Å². The molecule has 0 spiro atoms. The van der Waals surface area contributed by atoms with Crippen LogP contribution in [-0.2, 0) is 18.3 Å². The molecule has 2 heterocycles. The number of carbonyl (C=O) groups is 2. The first kappa shape index (κ1) is 18.5. The summed E-state index contributed by atoms with van der Waals surface area (Å²) in [5.74, 6) is 0.378. The maximum Gasteiger partial charge on any atom is 0.227 e. The number of fused-ring (bicyclic) bond motifs is 1. The van der Waals surface area contributed by atoms with E-state index in [0.29, 0.717) is 19.5 Å². The fourth-order valence-corrected chi connectivity index (χ4v) is 4.19. The average molecular weight is 374 g/mol. The maximum atomic E-state index is 12.8. The van der Waals surface area contributed by atoms with E-state index in [1.165, 1.54) is 0 Å². The first-order chi connectivity index (χ1) is 13.5. The molecule has 1 aromatic heterocycles. The lowest BCUT2D eigenvalue weighted by atomic mass is 9.88. The molecule has 4 heteroatoms. The zero-order chi connectivity index (χ0) is 19.7. The van der Waals surface area contributed by atoms with Crippen LogP contribution in [0.3, 0.4) is 0 Å². The number of ketones is 1. The van der Waals surface area contributed by atoms with Gasteiger partial charge in [0.15, 0.2) is 5.78 Å². The molecular formula is C24H26N2O2. The Kier molecular flexibility index (Phi) is 5.03. The Hall–Kier alpha value is -2.88. The zero-order valence-electron chi connectivity index (χ0n) is 16.5. The van der Waals surface area contributed by atoms with E-state index < -0.39 is 0 Å². The quantitative estimate of drug-likeness (QED) is 0.644. The smallest absolute Gasteiger partial charge is 0.227 e. The molecular weight excluding hydrogens is 348 g/mol. The lowest BCUT2D eigenvalue weighted by molar-refractivity contribution is -0.131. The second kappa shape index (κ2) is 7.63. The molecule has 144 valence electrons. The molecule has 0 saturated carbocycles. The number of aromatic nitrogens is 1. The molecule has 1 aliphatic heterocycles. The summed E-state index contributed by atoms with van der Waals surface area (Å²) in [6.45, 7) is 3.34. The number of hydrogen-bond donors (Lipinski definition) is 0. The number of para-hydroxylation sites is 1. The lowest BCUT2D eigenvalue weighted by Gasteiger charge is -2.31. The minimum atomic E-state index is 0.0179. The topological polar surface area (TPSA) is 42.3 Å². The van der Waals surface area contributed by atoms with Crippen molar-refractivity contribution >= 4 is 22.6 Å². The van der Waals surface area contributed by atoms with Gasteiger partial charge in [-0.05, 0) is 31.4 Å². The molecule has 1 aliphatic rings. The van der Waals surface area contributed by atoms with Crippen molar-refractivity contribution in [3.63, 3.8) is 0 Å². The fourth-order valence-electron chi connectivity index (χ4n) is 4.19. The predicted molar refractivity (Wildman–Crippen MR) is 111 cm³/mol. The highest BCUT2D eigenvalue weighted by Gasteiger charge is 2.28. The molecule has 0 bridgehead atoms. The molecule has 1 amide bonds. The number of amides is 1. The summed E-state index contributed by atoms with van der Waals surface area (Å²) in [6, 6.07) is 16.0. The van der Waals surface area contributed by atoms with Crippen LogP contribution in [0.25, 0.3) is 10.9 Å². The van der Waals surface area contributed by atoms with Gasteiger partial charge < -0.3 is 9.47 Å². The van der Waals surface area contributed by atoms with Crippen molar-refractivity contribution < 1.29 is 9.59 Å². The summed E-state index contributed by atoms with van der Waals surface area (Å²) in [6.07, 6.45) is 3.95. The van der Waals surface area contributed by atoms with Crippen LogP contribution < -0.4 is 0 Å². The van der Waals surface area contributed by atoms with Gasteiger partial charge in [-0.3, -0.25) is 9.59 Å². The van der Waals surface area contributed by atoms with Crippen LogP contribution in [0.4, 0.5) is 0 Å². The number of nitrogens with zero attached hydrogens (tertiary/aromatic N) is 2. The lowest BCUT2D eigenvalue weighted by Crippen LogP contribution is -2.41. The van der Waals surface area contributed by atoms with Crippen molar-refractivity contribution in [2.75, 3.05) is 13.1 Å². The number of Topliss-reactive ketones (excluding diaryl/α,β-unsaturated/α-hetero) is 1. The summed E-state index contributed by atoms with van der Waals surface area (Å²) >= 11 is 0. The zero-order valence-corrected chi connectivity index (χ0v) is 16.5.